The largest absolute Gasteiger partial charge is 0.396 e. The smallest absolute Gasteiger partial charge is 0.251 e. The zero-order valence-corrected chi connectivity index (χ0v) is 11.0. The first-order valence-electron chi connectivity index (χ1n) is 4.98. The maximum atomic E-state index is 11.7. The summed E-state index contributed by atoms with van der Waals surface area (Å²) in [7, 11) is 0. The first-order valence-corrected chi connectivity index (χ1v) is 6.15. The number of benzene rings is 1. The number of hydrogen-bond acceptors (Lipinski definition) is 2. The van der Waals surface area contributed by atoms with Gasteiger partial charge in [-0.15, -0.1) is 0 Å². The van der Waals surface area contributed by atoms with Crippen LogP contribution in [0.25, 0.3) is 0 Å². The first kappa shape index (κ1) is 13.5. The van der Waals surface area contributed by atoms with Crippen LogP contribution in [-0.4, -0.2) is 24.2 Å². The van der Waals surface area contributed by atoms with Crippen molar-refractivity contribution in [1.29, 1.82) is 0 Å². The molecule has 0 unspecified atom stereocenters. The Morgan fingerprint density at radius 2 is 2.12 bits per heavy atom. The fourth-order valence-electron chi connectivity index (χ4n) is 1.23. The van der Waals surface area contributed by atoms with Crippen LogP contribution >= 0.6 is 27.5 Å². The summed E-state index contributed by atoms with van der Waals surface area (Å²) in [4.78, 5) is 11.7. The van der Waals surface area contributed by atoms with Crippen LogP contribution in [0, 0.1) is 0 Å². The Morgan fingerprint density at radius 3 is 2.75 bits per heavy atom. The number of amides is 1. The number of unbranched alkanes of at least 4 members (excludes halogenated alkanes) is 1. The van der Waals surface area contributed by atoms with Crippen molar-refractivity contribution >= 4 is 33.4 Å². The monoisotopic (exact) mass is 305 g/mol. The third kappa shape index (κ3) is 4.51. The normalized spacial score (nSPS) is 10.2. The lowest BCUT2D eigenvalue weighted by atomic mass is 10.2. The molecule has 0 spiro atoms. The standard InChI is InChI=1S/C11H13BrClNO2/c12-9-5-8(6-10(13)7-9)11(16)14-3-1-2-4-15/h5-7,15H,1-4H2,(H,14,16). The zero-order chi connectivity index (χ0) is 12.0. The number of nitrogens with one attached hydrogen (secondary N) is 1. The number of aliphatic hydroxyl groups is 1. The minimum Gasteiger partial charge on any atom is -0.396 e. The summed E-state index contributed by atoms with van der Waals surface area (Å²) in [6.07, 6.45) is 1.46. The lowest BCUT2D eigenvalue weighted by Gasteiger charge is -2.05. The van der Waals surface area contributed by atoms with Crippen LogP contribution in [0.1, 0.15) is 23.2 Å². The summed E-state index contributed by atoms with van der Waals surface area (Å²) in [5.41, 5.74) is 0.531. The fraction of sp³-hybridized carbons (Fsp3) is 0.364. The summed E-state index contributed by atoms with van der Waals surface area (Å²) in [6.45, 7) is 0.710. The minimum absolute atomic E-state index is 0.151. The third-order valence-electron chi connectivity index (χ3n) is 2.00. The van der Waals surface area contributed by atoms with Gasteiger partial charge in [-0.2, -0.15) is 0 Å². The molecule has 0 atom stereocenters. The van der Waals surface area contributed by atoms with Crippen molar-refractivity contribution in [2.24, 2.45) is 0 Å². The lowest BCUT2D eigenvalue weighted by molar-refractivity contribution is 0.0952. The molecule has 88 valence electrons. The van der Waals surface area contributed by atoms with E-state index in [0.717, 1.165) is 10.9 Å². The van der Waals surface area contributed by atoms with Crippen molar-refractivity contribution in [3.8, 4) is 0 Å². The van der Waals surface area contributed by atoms with E-state index < -0.39 is 0 Å². The summed E-state index contributed by atoms with van der Waals surface area (Å²) < 4.78 is 0.778. The van der Waals surface area contributed by atoms with Crippen molar-refractivity contribution < 1.29 is 9.90 Å². The van der Waals surface area contributed by atoms with E-state index in [4.69, 9.17) is 16.7 Å². The molecule has 1 aromatic carbocycles. The SMILES string of the molecule is O=C(NCCCCO)c1cc(Cl)cc(Br)c1. The van der Waals surface area contributed by atoms with Gasteiger partial charge in [0.2, 0.25) is 0 Å². The second-order valence-corrected chi connectivity index (χ2v) is 4.70. The Hall–Kier alpha value is -0.580. The molecular formula is C11H13BrClNO2. The van der Waals surface area contributed by atoms with Gasteiger partial charge in [0, 0.05) is 28.2 Å². The number of carbonyl (C=O) groups excluding carboxylic acids is 1. The molecule has 5 heteroatoms. The Balaban J connectivity index is 2.52. The molecule has 1 amide bonds. The maximum Gasteiger partial charge on any atom is 0.251 e. The van der Waals surface area contributed by atoms with Crippen molar-refractivity contribution in [3.63, 3.8) is 0 Å². The van der Waals surface area contributed by atoms with Gasteiger partial charge in [-0.3, -0.25) is 4.79 Å². The number of hydrogen-bond donors (Lipinski definition) is 2. The molecule has 0 fully saturated rings. The van der Waals surface area contributed by atoms with E-state index in [0.29, 0.717) is 23.6 Å². The molecule has 0 aliphatic carbocycles. The van der Waals surface area contributed by atoms with E-state index in [-0.39, 0.29) is 12.5 Å². The molecule has 2 N–H and O–H groups in total. The Bertz CT molecular complexity index is 351. The van der Waals surface area contributed by atoms with Gasteiger partial charge >= 0.3 is 0 Å². The Kier molecular flexibility index (Phi) is 5.80. The molecule has 16 heavy (non-hydrogen) atoms. The minimum atomic E-state index is -0.152. The highest BCUT2D eigenvalue weighted by Crippen LogP contribution is 2.19. The van der Waals surface area contributed by atoms with Crippen LogP contribution in [0.3, 0.4) is 0 Å². The highest BCUT2D eigenvalue weighted by Gasteiger charge is 2.06. The molecule has 1 rings (SSSR count). The van der Waals surface area contributed by atoms with Gasteiger partial charge in [0.25, 0.3) is 5.91 Å². The quantitative estimate of drug-likeness (QED) is 0.822. The third-order valence-corrected chi connectivity index (χ3v) is 2.67. The summed E-state index contributed by atoms with van der Waals surface area (Å²) in [5.74, 6) is -0.152. The molecular weight excluding hydrogens is 293 g/mol. The molecule has 0 aliphatic heterocycles. The van der Waals surface area contributed by atoms with E-state index in [1.54, 1.807) is 18.2 Å². The van der Waals surface area contributed by atoms with Crippen LogP contribution in [0.4, 0.5) is 0 Å². The van der Waals surface area contributed by atoms with Gasteiger partial charge in [0.1, 0.15) is 0 Å². The molecule has 3 nitrogen and oxygen atoms in total. The summed E-state index contributed by atoms with van der Waals surface area (Å²) in [6, 6.07) is 5.06. The van der Waals surface area contributed by atoms with E-state index in [9.17, 15) is 4.79 Å². The molecule has 0 radical (unpaired) electrons. The van der Waals surface area contributed by atoms with E-state index >= 15 is 0 Å². The maximum absolute atomic E-state index is 11.7. The van der Waals surface area contributed by atoms with Gasteiger partial charge in [0.05, 0.1) is 0 Å². The van der Waals surface area contributed by atoms with Gasteiger partial charge in [-0.1, -0.05) is 27.5 Å². The molecule has 0 bridgehead atoms. The topological polar surface area (TPSA) is 49.3 Å². The number of aliphatic hydroxyl groups excluding tert-OH is 1. The van der Waals surface area contributed by atoms with E-state index in [2.05, 4.69) is 21.2 Å². The Morgan fingerprint density at radius 1 is 1.38 bits per heavy atom. The molecule has 0 aromatic heterocycles. The first-order chi connectivity index (χ1) is 7.63. The number of carbonyl (C=O) groups is 1. The van der Waals surface area contributed by atoms with Crippen LogP contribution in [-0.2, 0) is 0 Å². The van der Waals surface area contributed by atoms with Crippen LogP contribution in [0.15, 0.2) is 22.7 Å². The second-order valence-electron chi connectivity index (χ2n) is 3.34. The lowest BCUT2D eigenvalue weighted by Crippen LogP contribution is -2.24. The van der Waals surface area contributed by atoms with Gasteiger partial charge < -0.3 is 10.4 Å². The molecule has 0 saturated heterocycles. The predicted molar refractivity (Wildman–Crippen MR) is 67.8 cm³/mol. The summed E-state index contributed by atoms with van der Waals surface area (Å²) in [5, 5.41) is 11.9. The van der Waals surface area contributed by atoms with Crippen molar-refractivity contribution in [2.75, 3.05) is 13.2 Å². The molecule has 0 saturated carbocycles. The fourth-order valence-corrected chi connectivity index (χ4v) is 2.09. The van der Waals surface area contributed by atoms with Crippen molar-refractivity contribution in [1.82, 2.24) is 5.32 Å². The average Bonchev–Trinajstić information content (AvgIpc) is 2.22. The molecule has 0 aliphatic rings. The van der Waals surface area contributed by atoms with Crippen LogP contribution < -0.4 is 5.32 Å². The number of halogens is 2. The van der Waals surface area contributed by atoms with Gasteiger partial charge in [-0.05, 0) is 31.0 Å². The van der Waals surface area contributed by atoms with E-state index in [1.807, 2.05) is 0 Å². The number of rotatable bonds is 5. The molecule has 0 heterocycles. The molecule has 1 aromatic rings. The van der Waals surface area contributed by atoms with Gasteiger partial charge in [0.15, 0.2) is 0 Å². The van der Waals surface area contributed by atoms with Crippen LogP contribution in [0.5, 0.6) is 0 Å². The Labute approximate surface area is 108 Å². The van der Waals surface area contributed by atoms with Crippen molar-refractivity contribution in [2.45, 2.75) is 12.8 Å². The zero-order valence-electron chi connectivity index (χ0n) is 8.67. The summed E-state index contributed by atoms with van der Waals surface area (Å²) >= 11 is 9.11. The van der Waals surface area contributed by atoms with E-state index in [1.165, 1.54) is 0 Å². The van der Waals surface area contributed by atoms with Gasteiger partial charge in [-0.25, -0.2) is 0 Å². The second kappa shape index (κ2) is 6.89. The average molecular weight is 307 g/mol. The highest BCUT2D eigenvalue weighted by molar-refractivity contribution is 9.10. The van der Waals surface area contributed by atoms with Crippen LogP contribution in [0.2, 0.25) is 5.02 Å². The predicted octanol–water partition coefficient (Wildman–Crippen LogP) is 2.60. The highest BCUT2D eigenvalue weighted by atomic mass is 79.9. The van der Waals surface area contributed by atoms with Crippen molar-refractivity contribution in [3.05, 3.63) is 33.3 Å².